The molecule has 0 radical (unpaired) electrons. The first kappa shape index (κ1) is 20.5. The number of ether oxygens (including phenoxy) is 1. The van der Waals surface area contributed by atoms with E-state index in [1.807, 2.05) is 42.5 Å². The highest BCUT2D eigenvalue weighted by atomic mass is 19.1. The van der Waals surface area contributed by atoms with Crippen LogP contribution in [-0.2, 0) is 13.7 Å². The summed E-state index contributed by atoms with van der Waals surface area (Å²) in [6, 6.07) is 16.9. The molecule has 32 heavy (non-hydrogen) atoms. The number of piperidine rings is 1. The van der Waals surface area contributed by atoms with E-state index in [0.29, 0.717) is 34.6 Å². The van der Waals surface area contributed by atoms with Crippen LogP contribution in [0.2, 0.25) is 0 Å². The largest absolute Gasteiger partial charge is 0.474 e. The Morgan fingerprint density at radius 3 is 2.62 bits per heavy atom. The number of benzene rings is 2. The molecule has 7 heteroatoms. The number of hydrogen-bond donors (Lipinski definition) is 2. The van der Waals surface area contributed by atoms with Crippen molar-refractivity contribution in [2.75, 3.05) is 13.1 Å². The highest BCUT2D eigenvalue weighted by Crippen LogP contribution is 2.34. The maximum Gasteiger partial charge on any atom is 0.260 e. The molecule has 2 aromatic heterocycles. The van der Waals surface area contributed by atoms with Gasteiger partial charge in [0, 0.05) is 12.4 Å². The van der Waals surface area contributed by atoms with Crippen LogP contribution in [-0.4, -0.2) is 27.9 Å². The lowest BCUT2D eigenvalue weighted by Gasteiger charge is -2.23. The van der Waals surface area contributed by atoms with Crippen LogP contribution in [0, 0.1) is 5.82 Å². The minimum atomic E-state index is -0.321. The van der Waals surface area contributed by atoms with E-state index in [1.54, 1.807) is 19.2 Å². The fourth-order valence-electron chi connectivity index (χ4n) is 4.45. The van der Waals surface area contributed by atoms with Crippen molar-refractivity contribution in [2.45, 2.75) is 25.4 Å². The molecule has 0 spiro atoms. The van der Waals surface area contributed by atoms with Crippen molar-refractivity contribution in [1.82, 2.24) is 20.1 Å². The van der Waals surface area contributed by atoms with E-state index in [2.05, 4.69) is 15.4 Å². The van der Waals surface area contributed by atoms with Crippen LogP contribution in [0.5, 0.6) is 5.88 Å². The Bertz CT molecular complexity index is 1310. The second-order valence-corrected chi connectivity index (χ2v) is 8.20. The van der Waals surface area contributed by atoms with Gasteiger partial charge < -0.3 is 10.1 Å². The molecule has 0 atom stereocenters. The first-order chi connectivity index (χ1) is 15.6. The fourth-order valence-corrected chi connectivity index (χ4v) is 4.45. The zero-order valence-electron chi connectivity index (χ0n) is 17.9. The third kappa shape index (κ3) is 3.80. The van der Waals surface area contributed by atoms with Gasteiger partial charge in [0.15, 0.2) is 11.7 Å². The second kappa shape index (κ2) is 8.59. The second-order valence-electron chi connectivity index (χ2n) is 8.20. The minimum absolute atomic E-state index is 0.198. The van der Waals surface area contributed by atoms with E-state index in [1.165, 1.54) is 4.68 Å². The van der Waals surface area contributed by atoms with Crippen molar-refractivity contribution in [1.29, 1.82) is 0 Å². The van der Waals surface area contributed by atoms with E-state index in [0.717, 1.165) is 37.1 Å². The van der Waals surface area contributed by atoms with E-state index in [9.17, 15) is 4.79 Å². The standard InChI is InChI=1S/C25H25FN4O2/c1-30-24-19(8-7-18(22(24)26)17-11-13-27-14-12-17)23(29-30)20-9-10-21(28-25(20)31)32-15-16-5-3-2-4-6-16/h2-10,17,27H,11-15H2,1H3,(H,28,31). The van der Waals surface area contributed by atoms with Crippen LogP contribution in [0.3, 0.4) is 0 Å². The topological polar surface area (TPSA) is 71.9 Å². The highest BCUT2D eigenvalue weighted by molar-refractivity contribution is 5.94. The zero-order valence-corrected chi connectivity index (χ0v) is 17.9. The van der Waals surface area contributed by atoms with Gasteiger partial charge in [-0.2, -0.15) is 5.10 Å². The number of H-pyrrole nitrogens is 1. The Kier molecular flexibility index (Phi) is 5.49. The average Bonchev–Trinajstić information content (AvgIpc) is 3.16. The summed E-state index contributed by atoms with van der Waals surface area (Å²) in [7, 11) is 1.71. The van der Waals surface area contributed by atoms with Gasteiger partial charge in [0.05, 0.1) is 5.56 Å². The molecule has 0 bridgehead atoms. The molecule has 2 N–H and O–H groups in total. The molecule has 2 aromatic carbocycles. The first-order valence-corrected chi connectivity index (χ1v) is 10.9. The number of nitrogens with zero attached hydrogens (tertiary/aromatic N) is 2. The Hall–Kier alpha value is -3.45. The molecule has 1 aliphatic rings. The molecule has 5 rings (SSSR count). The number of nitrogens with one attached hydrogen (secondary N) is 2. The number of aromatic nitrogens is 3. The third-order valence-electron chi connectivity index (χ3n) is 6.13. The summed E-state index contributed by atoms with van der Waals surface area (Å²) in [6.07, 6.45) is 1.83. The van der Waals surface area contributed by atoms with E-state index in [4.69, 9.17) is 4.74 Å². The van der Waals surface area contributed by atoms with E-state index in [-0.39, 0.29) is 17.3 Å². The number of pyridine rings is 1. The van der Waals surface area contributed by atoms with Gasteiger partial charge in [-0.15, -0.1) is 0 Å². The molecule has 1 saturated heterocycles. The van der Waals surface area contributed by atoms with Crippen LogP contribution in [0.15, 0.2) is 59.4 Å². The van der Waals surface area contributed by atoms with Crippen LogP contribution < -0.4 is 15.6 Å². The van der Waals surface area contributed by atoms with Gasteiger partial charge in [0.1, 0.15) is 17.8 Å². The van der Waals surface area contributed by atoms with Gasteiger partial charge >= 0.3 is 0 Å². The predicted octanol–water partition coefficient (Wildman–Crippen LogP) is 4.11. The summed E-state index contributed by atoms with van der Waals surface area (Å²) in [4.78, 5) is 15.6. The van der Waals surface area contributed by atoms with Gasteiger partial charge in [0.25, 0.3) is 5.56 Å². The molecular formula is C25H25FN4O2. The lowest BCUT2D eigenvalue weighted by molar-refractivity contribution is 0.293. The normalized spacial score (nSPS) is 14.7. The highest BCUT2D eigenvalue weighted by Gasteiger charge is 2.24. The Morgan fingerprint density at radius 1 is 1.09 bits per heavy atom. The minimum Gasteiger partial charge on any atom is -0.474 e. The monoisotopic (exact) mass is 432 g/mol. The van der Waals surface area contributed by atoms with Gasteiger partial charge in [0.2, 0.25) is 0 Å². The number of fused-ring (bicyclic) bond motifs is 1. The van der Waals surface area contributed by atoms with Gasteiger partial charge in [-0.25, -0.2) is 4.39 Å². The molecule has 0 amide bonds. The van der Waals surface area contributed by atoms with Gasteiger partial charge in [-0.1, -0.05) is 42.5 Å². The Labute approximate surface area is 185 Å². The summed E-state index contributed by atoms with van der Waals surface area (Å²) in [5.41, 5.74) is 2.70. The van der Waals surface area contributed by atoms with Crippen molar-refractivity contribution in [3.05, 3.63) is 81.9 Å². The summed E-state index contributed by atoms with van der Waals surface area (Å²) >= 11 is 0. The van der Waals surface area contributed by atoms with Crippen molar-refractivity contribution in [3.63, 3.8) is 0 Å². The van der Waals surface area contributed by atoms with Crippen molar-refractivity contribution < 1.29 is 9.13 Å². The number of halogens is 1. The molecule has 1 aliphatic heterocycles. The van der Waals surface area contributed by atoms with E-state index >= 15 is 4.39 Å². The summed E-state index contributed by atoms with van der Waals surface area (Å²) < 4.78 is 22.7. The first-order valence-electron chi connectivity index (χ1n) is 10.9. The smallest absolute Gasteiger partial charge is 0.260 e. The predicted molar refractivity (Wildman–Crippen MR) is 122 cm³/mol. The van der Waals surface area contributed by atoms with Crippen molar-refractivity contribution >= 4 is 10.9 Å². The Morgan fingerprint density at radius 2 is 1.88 bits per heavy atom. The summed E-state index contributed by atoms with van der Waals surface area (Å²) in [5, 5.41) is 8.44. The maximum absolute atomic E-state index is 15.5. The molecule has 1 fully saturated rings. The lowest BCUT2D eigenvalue weighted by atomic mass is 9.89. The molecule has 0 aliphatic carbocycles. The maximum atomic E-state index is 15.5. The fraction of sp³-hybridized carbons (Fsp3) is 0.280. The number of aryl methyl sites for hydroxylation is 1. The van der Waals surface area contributed by atoms with Crippen LogP contribution >= 0.6 is 0 Å². The van der Waals surface area contributed by atoms with Crippen LogP contribution in [0.1, 0.15) is 29.9 Å². The number of hydrogen-bond acceptors (Lipinski definition) is 4. The SMILES string of the molecule is Cn1nc(-c2ccc(OCc3ccccc3)[nH]c2=O)c2ccc(C3CCNCC3)c(F)c21. The van der Waals surface area contributed by atoms with Gasteiger partial charge in [-0.3, -0.25) is 14.5 Å². The molecule has 0 saturated carbocycles. The molecule has 164 valence electrons. The number of rotatable bonds is 5. The molecule has 4 aromatic rings. The van der Waals surface area contributed by atoms with Crippen molar-refractivity contribution in [2.24, 2.45) is 7.05 Å². The molecule has 3 heterocycles. The number of aromatic amines is 1. The van der Waals surface area contributed by atoms with E-state index < -0.39 is 0 Å². The van der Waals surface area contributed by atoms with Crippen LogP contribution in [0.4, 0.5) is 4.39 Å². The Balaban J connectivity index is 1.46. The molecule has 0 unspecified atom stereocenters. The average molecular weight is 432 g/mol. The molecular weight excluding hydrogens is 407 g/mol. The van der Waals surface area contributed by atoms with Gasteiger partial charge in [-0.05, 0) is 55.1 Å². The summed E-state index contributed by atoms with van der Waals surface area (Å²) in [5.74, 6) is 0.334. The van der Waals surface area contributed by atoms with Crippen LogP contribution in [0.25, 0.3) is 22.2 Å². The molecule has 6 nitrogen and oxygen atoms in total. The summed E-state index contributed by atoms with van der Waals surface area (Å²) in [6.45, 7) is 2.15. The zero-order chi connectivity index (χ0) is 22.1. The quantitative estimate of drug-likeness (QED) is 0.498. The lowest BCUT2D eigenvalue weighted by Crippen LogP contribution is -2.27. The third-order valence-corrected chi connectivity index (χ3v) is 6.13. The van der Waals surface area contributed by atoms with Crippen molar-refractivity contribution in [3.8, 4) is 17.1 Å².